The molecule has 7 heteroatoms. The van der Waals surface area contributed by atoms with Gasteiger partial charge in [0.1, 0.15) is 18.0 Å². The van der Waals surface area contributed by atoms with Gasteiger partial charge in [-0.05, 0) is 43.3 Å². The van der Waals surface area contributed by atoms with Gasteiger partial charge in [0.15, 0.2) is 6.61 Å². The fourth-order valence-electron chi connectivity index (χ4n) is 2.62. The minimum absolute atomic E-state index is 0.0869. The highest BCUT2D eigenvalue weighted by molar-refractivity contribution is 5.77. The van der Waals surface area contributed by atoms with Gasteiger partial charge in [-0.1, -0.05) is 28.9 Å². The van der Waals surface area contributed by atoms with Crippen molar-refractivity contribution in [2.45, 2.75) is 13.5 Å². The summed E-state index contributed by atoms with van der Waals surface area (Å²) in [6.07, 6.45) is 1.64. The van der Waals surface area contributed by atoms with Gasteiger partial charge in [0.25, 0.3) is 5.91 Å². The topological polar surface area (TPSA) is 77.7 Å². The van der Waals surface area contributed by atoms with Crippen molar-refractivity contribution in [3.63, 3.8) is 0 Å². The molecule has 29 heavy (non-hydrogen) atoms. The molecule has 0 saturated carbocycles. The van der Waals surface area contributed by atoms with Gasteiger partial charge in [0.05, 0.1) is 7.11 Å². The number of hydrogen-bond acceptors (Lipinski definition) is 6. The molecule has 0 fully saturated rings. The van der Waals surface area contributed by atoms with Gasteiger partial charge in [-0.15, -0.1) is 6.58 Å². The molecular weight excluding hydrogens is 370 g/mol. The van der Waals surface area contributed by atoms with Crippen LogP contribution in [0.15, 0.2) is 65.7 Å². The Kier molecular flexibility index (Phi) is 6.63. The minimum Gasteiger partial charge on any atom is -0.497 e. The second kappa shape index (κ2) is 9.54. The lowest BCUT2D eigenvalue weighted by Crippen LogP contribution is -2.34. The molecule has 1 aromatic heterocycles. The molecule has 0 saturated heterocycles. The summed E-state index contributed by atoms with van der Waals surface area (Å²) < 4.78 is 16.0. The van der Waals surface area contributed by atoms with E-state index in [1.165, 1.54) is 0 Å². The van der Waals surface area contributed by atoms with Crippen LogP contribution < -0.4 is 9.47 Å². The van der Waals surface area contributed by atoms with Crippen molar-refractivity contribution in [1.29, 1.82) is 0 Å². The van der Waals surface area contributed by atoms with Crippen LogP contribution >= 0.6 is 0 Å². The average Bonchev–Trinajstić information content (AvgIpc) is 3.21. The number of hydrogen-bond donors (Lipinski definition) is 0. The highest BCUT2D eigenvalue weighted by atomic mass is 16.5. The van der Waals surface area contributed by atoms with Crippen LogP contribution in [0.5, 0.6) is 11.5 Å². The third kappa shape index (κ3) is 5.44. The summed E-state index contributed by atoms with van der Waals surface area (Å²) in [6, 6.07) is 14.9. The number of amides is 1. The summed E-state index contributed by atoms with van der Waals surface area (Å²) in [7, 11) is 1.61. The van der Waals surface area contributed by atoms with E-state index >= 15 is 0 Å². The van der Waals surface area contributed by atoms with Gasteiger partial charge in [-0.25, -0.2) is 0 Å². The summed E-state index contributed by atoms with van der Waals surface area (Å²) in [4.78, 5) is 18.5. The molecule has 0 unspecified atom stereocenters. The number of rotatable bonds is 9. The number of carbonyl (C=O) groups is 1. The second-order valence-electron chi connectivity index (χ2n) is 6.40. The van der Waals surface area contributed by atoms with Gasteiger partial charge in [0.2, 0.25) is 11.7 Å². The van der Waals surface area contributed by atoms with Crippen LogP contribution in [0.1, 0.15) is 11.5 Å². The maximum Gasteiger partial charge on any atom is 0.261 e. The largest absolute Gasteiger partial charge is 0.497 e. The molecule has 3 rings (SSSR count). The Bertz CT molecular complexity index is 949. The highest BCUT2D eigenvalue weighted by Gasteiger charge is 2.18. The summed E-state index contributed by atoms with van der Waals surface area (Å²) in [5.74, 6) is 1.97. The van der Waals surface area contributed by atoms with E-state index in [1.807, 2.05) is 55.5 Å². The Hall–Kier alpha value is -3.61. The van der Waals surface area contributed by atoms with Crippen molar-refractivity contribution in [2.24, 2.45) is 0 Å². The molecule has 0 aliphatic carbocycles. The zero-order valence-corrected chi connectivity index (χ0v) is 16.5. The Morgan fingerprint density at radius 3 is 2.48 bits per heavy atom. The van der Waals surface area contributed by atoms with Crippen molar-refractivity contribution in [1.82, 2.24) is 15.0 Å². The molecule has 0 aliphatic rings. The number of carbonyl (C=O) groups excluding carboxylic acids is 1. The molecule has 0 radical (unpaired) electrons. The Morgan fingerprint density at radius 2 is 1.83 bits per heavy atom. The number of ether oxygens (including phenoxy) is 2. The quantitative estimate of drug-likeness (QED) is 0.517. The number of aryl methyl sites for hydroxylation is 1. The van der Waals surface area contributed by atoms with E-state index < -0.39 is 0 Å². The molecule has 2 aromatic carbocycles. The van der Waals surface area contributed by atoms with Crippen LogP contribution in [0.4, 0.5) is 0 Å². The fourth-order valence-corrected chi connectivity index (χ4v) is 2.62. The summed E-state index contributed by atoms with van der Waals surface area (Å²) in [5, 5.41) is 3.99. The molecule has 150 valence electrons. The van der Waals surface area contributed by atoms with Gasteiger partial charge in [-0.3, -0.25) is 4.79 Å². The maximum atomic E-state index is 12.6. The predicted molar refractivity (Wildman–Crippen MR) is 109 cm³/mol. The first-order valence-corrected chi connectivity index (χ1v) is 9.14. The van der Waals surface area contributed by atoms with Crippen molar-refractivity contribution in [2.75, 3.05) is 20.3 Å². The van der Waals surface area contributed by atoms with E-state index in [9.17, 15) is 4.79 Å². The average molecular weight is 393 g/mol. The molecule has 3 aromatic rings. The van der Waals surface area contributed by atoms with E-state index in [1.54, 1.807) is 18.1 Å². The van der Waals surface area contributed by atoms with E-state index in [0.29, 0.717) is 24.0 Å². The molecule has 0 N–H and O–H groups in total. The first kappa shape index (κ1) is 20.1. The predicted octanol–water partition coefficient (Wildman–Crippen LogP) is 3.65. The third-order valence-electron chi connectivity index (χ3n) is 4.23. The van der Waals surface area contributed by atoms with Crippen molar-refractivity contribution < 1.29 is 18.8 Å². The lowest BCUT2D eigenvalue weighted by Gasteiger charge is -2.19. The molecular formula is C22H23N3O4. The highest BCUT2D eigenvalue weighted by Crippen LogP contribution is 2.20. The standard InChI is InChI=1S/C22H23N3O4/c1-4-13-25(21(26)15-28-19-9-5-16(2)6-10-19)14-20-23-22(24-29-20)17-7-11-18(27-3)12-8-17/h4-12H,1,13-15H2,2-3H3. The summed E-state index contributed by atoms with van der Waals surface area (Å²) >= 11 is 0. The zero-order chi connectivity index (χ0) is 20.6. The molecule has 7 nitrogen and oxygen atoms in total. The van der Waals surface area contributed by atoms with E-state index in [-0.39, 0.29) is 19.1 Å². The Morgan fingerprint density at radius 1 is 1.14 bits per heavy atom. The van der Waals surface area contributed by atoms with Gasteiger partial charge in [-0.2, -0.15) is 4.98 Å². The van der Waals surface area contributed by atoms with E-state index in [0.717, 1.165) is 16.9 Å². The molecule has 1 heterocycles. The number of methoxy groups -OCH3 is 1. The molecule has 0 atom stereocenters. The first-order chi connectivity index (χ1) is 14.1. The van der Waals surface area contributed by atoms with Crippen LogP contribution in [0.3, 0.4) is 0 Å². The molecule has 0 aliphatic heterocycles. The second-order valence-corrected chi connectivity index (χ2v) is 6.40. The summed E-state index contributed by atoms with van der Waals surface area (Å²) in [5.41, 5.74) is 1.92. The van der Waals surface area contributed by atoms with Gasteiger partial charge < -0.3 is 18.9 Å². The Labute approximate surface area is 169 Å². The SMILES string of the molecule is C=CCN(Cc1nc(-c2ccc(OC)cc2)no1)C(=O)COc1ccc(C)cc1. The van der Waals surface area contributed by atoms with Crippen LogP contribution in [-0.2, 0) is 11.3 Å². The number of aromatic nitrogens is 2. The fraction of sp³-hybridized carbons (Fsp3) is 0.227. The van der Waals surface area contributed by atoms with Crippen molar-refractivity contribution >= 4 is 5.91 Å². The summed E-state index contributed by atoms with van der Waals surface area (Å²) in [6.45, 7) is 6.13. The monoisotopic (exact) mass is 393 g/mol. The molecule has 0 spiro atoms. The number of benzene rings is 2. The lowest BCUT2D eigenvalue weighted by atomic mass is 10.2. The van der Waals surface area contributed by atoms with Crippen molar-refractivity contribution in [3.05, 3.63) is 72.6 Å². The third-order valence-corrected chi connectivity index (χ3v) is 4.23. The number of nitrogens with zero attached hydrogens (tertiary/aromatic N) is 3. The smallest absolute Gasteiger partial charge is 0.261 e. The van der Waals surface area contributed by atoms with Crippen LogP contribution in [0.2, 0.25) is 0 Å². The van der Waals surface area contributed by atoms with Gasteiger partial charge >= 0.3 is 0 Å². The molecule has 1 amide bonds. The lowest BCUT2D eigenvalue weighted by molar-refractivity contribution is -0.133. The van der Waals surface area contributed by atoms with Crippen molar-refractivity contribution in [3.8, 4) is 22.9 Å². The van der Waals surface area contributed by atoms with Crippen LogP contribution in [0, 0.1) is 6.92 Å². The van der Waals surface area contributed by atoms with Gasteiger partial charge in [0, 0.05) is 12.1 Å². The minimum atomic E-state index is -0.199. The van der Waals surface area contributed by atoms with E-state index in [2.05, 4.69) is 16.7 Å². The molecule has 0 bridgehead atoms. The normalized spacial score (nSPS) is 10.4. The van der Waals surface area contributed by atoms with E-state index in [4.69, 9.17) is 14.0 Å². The van der Waals surface area contributed by atoms with Crippen LogP contribution in [0.25, 0.3) is 11.4 Å². The maximum absolute atomic E-state index is 12.6. The zero-order valence-electron chi connectivity index (χ0n) is 16.5. The Balaban J connectivity index is 1.63. The van der Waals surface area contributed by atoms with Crippen LogP contribution in [-0.4, -0.2) is 41.2 Å². The first-order valence-electron chi connectivity index (χ1n) is 9.14.